The Morgan fingerprint density at radius 2 is 0.627 bits per heavy atom. The van der Waals surface area contributed by atoms with Crippen LogP contribution in [0.25, 0.3) is 34.2 Å². The Morgan fingerprint density at radius 1 is 0.407 bits per heavy atom. The number of carbonyl (C=O) groups excluding carboxylic acids is 3. The van der Waals surface area contributed by atoms with E-state index in [0.717, 1.165) is 67.5 Å². The van der Waals surface area contributed by atoms with E-state index in [1.54, 1.807) is 37.2 Å². The minimum atomic E-state index is -1.00. The monoisotopic (exact) mass is 903 g/mol. The molecule has 6 heterocycles. The first-order valence-electron chi connectivity index (χ1n) is 18.7. The fourth-order valence-corrected chi connectivity index (χ4v) is 5.65. The number of carbonyl (C=O) groups is 3. The number of pyridine rings is 6. The van der Waals surface area contributed by atoms with Crippen LogP contribution < -0.4 is 15.3 Å². The third-order valence-corrected chi connectivity index (χ3v) is 8.55. The van der Waals surface area contributed by atoms with Gasteiger partial charge in [0.25, 0.3) is 0 Å². The predicted molar refractivity (Wildman–Crippen MR) is 218 cm³/mol. The first-order valence-corrected chi connectivity index (χ1v) is 18.7. The zero-order valence-electron chi connectivity index (χ0n) is 33.2. The molecule has 0 aromatic carbocycles. The third-order valence-electron chi connectivity index (χ3n) is 8.55. The van der Waals surface area contributed by atoms with Crippen LogP contribution in [0.5, 0.6) is 0 Å². The van der Waals surface area contributed by atoms with E-state index in [2.05, 4.69) is 29.9 Å². The summed E-state index contributed by atoms with van der Waals surface area (Å²) in [5.74, 6) is -3.01. The van der Waals surface area contributed by atoms with E-state index in [4.69, 9.17) is 0 Å². The van der Waals surface area contributed by atoms with Gasteiger partial charge in [-0.1, -0.05) is 0 Å². The molecule has 307 valence electrons. The van der Waals surface area contributed by atoms with Crippen LogP contribution in [0, 0.1) is 20.8 Å². The molecule has 1 radical (unpaired) electrons. The van der Waals surface area contributed by atoms with Crippen LogP contribution in [-0.4, -0.2) is 47.8 Å². The van der Waals surface area contributed by atoms with Crippen LogP contribution in [0.3, 0.4) is 0 Å². The van der Waals surface area contributed by atoms with Crippen molar-refractivity contribution in [1.29, 1.82) is 0 Å². The van der Waals surface area contributed by atoms with Gasteiger partial charge in [0.2, 0.25) is 0 Å². The second-order valence-electron chi connectivity index (χ2n) is 13.5. The van der Waals surface area contributed by atoms with E-state index in [9.17, 15) is 29.7 Å². The Bertz CT molecular complexity index is 2010. The van der Waals surface area contributed by atoms with Gasteiger partial charge in [0, 0.05) is 55.1 Å². The Hall–Kier alpha value is -5.78. The SMILES string of the molecule is Cc1ccnc(-c2cc(CCCC(=O)[O-])ccn2)c1.Cc1ccnc(-c2cc(CCCC(=O)[O-])ccn2)c1.Cc1ccnc(-c2cc(CCCC(=O)[O-])ccn2)c1.Cl.[Ru+3]. The van der Waals surface area contributed by atoms with Gasteiger partial charge in [-0.3, -0.25) is 29.9 Å². The van der Waals surface area contributed by atoms with E-state index in [1.165, 1.54) is 0 Å². The van der Waals surface area contributed by atoms with Gasteiger partial charge < -0.3 is 29.7 Å². The molecule has 12 nitrogen and oxygen atoms in total. The van der Waals surface area contributed by atoms with Gasteiger partial charge in [0.05, 0.1) is 34.2 Å². The Kier molecular flexibility index (Phi) is 22.0. The molecule has 0 amide bonds. The van der Waals surface area contributed by atoms with Gasteiger partial charge >= 0.3 is 19.5 Å². The van der Waals surface area contributed by atoms with Crippen LogP contribution in [-0.2, 0) is 53.1 Å². The number of hydrogen-bond donors (Lipinski definition) is 0. The predicted octanol–water partition coefficient (Wildman–Crippen LogP) is 4.99. The average molecular weight is 903 g/mol. The average Bonchev–Trinajstić information content (AvgIpc) is 3.18. The van der Waals surface area contributed by atoms with Crippen molar-refractivity contribution in [3.63, 3.8) is 0 Å². The van der Waals surface area contributed by atoms with Crippen molar-refractivity contribution in [1.82, 2.24) is 29.9 Å². The molecule has 0 aliphatic carbocycles. The Labute approximate surface area is 363 Å². The summed E-state index contributed by atoms with van der Waals surface area (Å²) in [4.78, 5) is 56.9. The van der Waals surface area contributed by atoms with Gasteiger partial charge in [-0.05, 0) is 185 Å². The van der Waals surface area contributed by atoms with E-state index in [-0.39, 0.29) is 51.1 Å². The standard InChI is InChI=1S/3C15H16N2O2.ClH.Ru/c3*1-11-5-7-16-13(9-11)14-10-12(6-8-17-14)3-2-4-15(18)19;;/h3*5-10H,2-4H2,1H3,(H,18,19);1H;/q;;;;+3/p-3. The largest absolute Gasteiger partial charge is 3.00 e. The number of carboxylic acids is 3. The van der Waals surface area contributed by atoms with Crippen molar-refractivity contribution < 1.29 is 49.2 Å². The number of nitrogens with zero attached hydrogens (tertiary/aromatic N) is 6. The molecule has 0 unspecified atom stereocenters. The van der Waals surface area contributed by atoms with Crippen LogP contribution in [0.15, 0.2) is 110 Å². The molecule has 6 rings (SSSR count). The zero-order chi connectivity index (χ0) is 41.0. The molecule has 0 bridgehead atoms. The molecule has 0 saturated heterocycles. The maximum atomic E-state index is 10.4. The van der Waals surface area contributed by atoms with Gasteiger partial charge in [-0.2, -0.15) is 0 Å². The maximum absolute atomic E-state index is 10.4. The molecule has 0 saturated carbocycles. The number of carboxylic acid groups (broad SMARTS) is 3. The van der Waals surface area contributed by atoms with Crippen LogP contribution in [0.4, 0.5) is 0 Å². The summed E-state index contributed by atoms with van der Waals surface area (Å²) in [5, 5.41) is 31.1. The summed E-state index contributed by atoms with van der Waals surface area (Å²) in [6.07, 6.45) is 14.6. The molecular formula is C45H46ClN6O6Ru. The minimum absolute atomic E-state index is 0. The van der Waals surface area contributed by atoms with E-state index in [1.807, 2.05) is 93.6 Å². The van der Waals surface area contributed by atoms with Crippen molar-refractivity contribution in [2.75, 3.05) is 0 Å². The molecule has 6 aromatic heterocycles. The summed E-state index contributed by atoms with van der Waals surface area (Å²) in [6, 6.07) is 23.3. The summed E-state index contributed by atoms with van der Waals surface area (Å²) >= 11 is 0. The van der Waals surface area contributed by atoms with Crippen molar-refractivity contribution in [3.8, 4) is 34.2 Å². The fraction of sp³-hybridized carbons (Fsp3) is 0.267. The molecule has 0 fully saturated rings. The Balaban J connectivity index is 0.000000300. The normalized spacial score (nSPS) is 10.0. The molecule has 59 heavy (non-hydrogen) atoms. The van der Waals surface area contributed by atoms with Gasteiger partial charge in [0.1, 0.15) is 0 Å². The molecule has 14 heteroatoms. The van der Waals surface area contributed by atoms with Crippen molar-refractivity contribution in [2.45, 2.75) is 78.6 Å². The molecule has 6 aromatic rings. The topological polar surface area (TPSA) is 198 Å². The molecular weight excluding hydrogens is 857 g/mol. The summed E-state index contributed by atoms with van der Waals surface area (Å²) < 4.78 is 0. The number of aryl methyl sites for hydroxylation is 6. The van der Waals surface area contributed by atoms with Gasteiger partial charge in [-0.15, -0.1) is 12.4 Å². The smallest absolute Gasteiger partial charge is 0.550 e. The van der Waals surface area contributed by atoms with Crippen molar-refractivity contribution >= 4 is 30.3 Å². The maximum Gasteiger partial charge on any atom is 3.00 e. The quantitative estimate of drug-likeness (QED) is 0.125. The minimum Gasteiger partial charge on any atom is -0.550 e. The first-order chi connectivity index (χ1) is 27.4. The number of hydrogen-bond acceptors (Lipinski definition) is 12. The molecule has 0 aliphatic rings. The summed E-state index contributed by atoms with van der Waals surface area (Å²) in [6.45, 7) is 6.03. The number of rotatable bonds is 15. The molecule has 0 aliphatic heterocycles. The van der Waals surface area contributed by atoms with Crippen molar-refractivity contribution in [3.05, 3.63) is 143 Å². The van der Waals surface area contributed by atoms with E-state index < -0.39 is 17.9 Å². The summed E-state index contributed by atoms with van der Waals surface area (Å²) in [5.41, 5.74) is 11.5. The zero-order valence-corrected chi connectivity index (χ0v) is 35.7. The van der Waals surface area contributed by atoms with Crippen molar-refractivity contribution in [2.24, 2.45) is 0 Å². The number of aliphatic carboxylic acids is 3. The van der Waals surface area contributed by atoms with Gasteiger partial charge in [-0.25, -0.2) is 0 Å². The number of aromatic nitrogens is 6. The van der Waals surface area contributed by atoms with Crippen LogP contribution in [0.2, 0.25) is 0 Å². The third kappa shape index (κ3) is 18.6. The summed E-state index contributed by atoms with van der Waals surface area (Å²) in [7, 11) is 0. The first kappa shape index (κ1) is 49.4. The van der Waals surface area contributed by atoms with E-state index in [0.29, 0.717) is 38.5 Å². The van der Waals surface area contributed by atoms with E-state index >= 15 is 0 Å². The molecule has 0 spiro atoms. The number of halogens is 1. The molecule has 0 atom stereocenters. The van der Waals surface area contributed by atoms with Crippen LogP contribution >= 0.6 is 12.4 Å². The molecule has 0 N–H and O–H groups in total. The second kappa shape index (κ2) is 26.3. The second-order valence-corrected chi connectivity index (χ2v) is 13.5. The fourth-order valence-electron chi connectivity index (χ4n) is 5.65. The van der Waals surface area contributed by atoms with Crippen LogP contribution in [0.1, 0.15) is 71.9 Å². The Morgan fingerprint density at radius 3 is 0.847 bits per heavy atom. The van der Waals surface area contributed by atoms with Gasteiger partial charge in [0.15, 0.2) is 0 Å².